The van der Waals surface area contributed by atoms with E-state index in [0.29, 0.717) is 26.2 Å². The Balaban J connectivity index is 1.93. The van der Waals surface area contributed by atoms with E-state index in [2.05, 4.69) is 17.6 Å². The molecule has 0 aromatic rings. The Morgan fingerprint density at radius 3 is 2.41 bits per heavy atom. The van der Waals surface area contributed by atoms with E-state index in [9.17, 15) is 14.4 Å². The SMILES string of the molecule is CCCCNC(=O)N1CCN(C(=O)C(NC(=O)C2CC2)C(C)CC)CC1C. The lowest BCUT2D eigenvalue weighted by atomic mass is 9.96. The summed E-state index contributed by atoms with van der Waals surface area (Å²) in [6.07, 6.45) is 4.69. The number of nitrogens with one attached hydrogen (secondary N) is 2. The monoisotopic (exact) mass is 380 g/mol. The van der Waals surface area contributed by atoms with Gasteiger partial charge in [-0.3, -0.25) is 9.59 Å². The average molecular weight is 381 g/mol. The van der Waals surface area contributed by atoms with Crippen molar-refractivity contribution in [2.24, 2.45) is 11.8 Å². The third-order valence-corrected chi connectivity index (χ3v) is 5.73. The molecule has 1 saturated heterocycles. The molecule has 2 fully saturated rings. The maximum atomic E-state index is 13.1. The van der Waals surface area contributed by atoms with Crippen LogP contribution < -0.4 is 10.6 Å². The molecule has 0 spiro atoms. The first kappa shape index (κ1) is 21.5. The van der Waals surface area contributed by atoms with Crippen LogP contribution in [-0.2, 0) is 9.59 Å². The van der Waals surface area contributed by atoms with Gasteiger partial charge in [0, 0.05) is 38.1 Å². The number of hydrogen-bond acceptors (Lipinski definition) is 3. The fourth-order valence-corrected chi connectivity index (χ4v) is 3.43. The van der Waals surface area contributed by atoms with Crippen LogP contribution in [0.5, 0.6) is 0 Å². The second kappa shape index (κ2) is 9.95. The highest BCUT2D eigenvalue weighted by molar-refractivity contribution is 5.89. The molecule has 154 valence electrons. The molecule has 2 rings (SSSR count). The van der Waals surface area contributed by atoms with E-state index < -0.39 is 6.04 Å². The first-order chi connectivity index (χ1) is 12.9. The summed E-state index contributed by atoms with van der Waals surface area (Å²) >= 11 is 0. The second-order valence-corrected chi connectivity index (χ2v) is 8.06. The van der Waals surface area contributed by atoms with E-state index in [4.69, 9.17) is 0 Å². The van der Waals surface area contributed by atoms with Gasteiger partial charge in [-0.25, -0.2) is 4.79 Å². The Morgan fingerprint density at radius 2 is 1.85 bits per heavy atom. The molecule has 2 aliphatic rings. The van der Waals surface area contributed by atoms with E-state index >= 15 is 0 Å². The zero-order valence-corrected chi connectivity index (χ0v) is 17.3. The maximum absolute atomic E-state index is 13.1. The minimum Gasteiger partial charge on any atom is -0.344 e. The van der Waals surface area contributed by atoms with Crippen LogP contribution in [0, 0.1) is 11.8 Å². The van der Waals surface area contributed by atoms with Gasteiger partial charge < -0.3 is 20.4 Å². The van der Waals surface area contributed by atoms with Gasteiger partial charge in [0.15, 0.2) is 0 Å². The molecular weight excluding hydrogens is 344 g/mol. The van der Waals surface area contributed by atoms with E-state index in [1.807, 2.05) is 25.7 Å². The van der Waals surface area contributed by atoms with Crippen molar-refractivity contribution in [1.29, 1.82) is 0 Å². The van der Waals surface area contributed by atoms with E-state index in [0.717, 1.165) is 32.1 Å². The molecule has 1 saturated carbocycles. The quantitative estimate of drug-likeness (QED) is 0.632. The lowest BCUT2D eigenvalue weighted by Gasteiger charge is -2.41. The summed E-state index contributed by atoms with van der Waals surface area (Å²) in [5.41, 5.74) is 0. The molecule has 0 bridgehead atoms. The summed E-state index contributed by atoms with van der Waals surface area (Å²) < 4.78 is 0. The van der Waals surface area contributed by atoms with Crippen molar-refractivity contribution in [3.05, 3.63) is 0 Å². The fraction of sp³-hybridized carbons (Fsp3) is 0.850. The number of piperazine rings is 1. The van der Waals surface area contributed by atoms with Crippen LogP contribution in [0.3, 0.4) is 0 Å². The van der Waals surface area contributed by atoms with Crippen LogP contribution in [0.15, 0.2) is 0 Å². The number of amides is 4. The molecule has 1 aliphatic heterocycles. The van der Waals surface area contributed by atoms with Crippen molar-refractivity contribution < 1.29 is 14.4 Å². The minimum atomic E-state index is -0.472. The normalized spacial score (nSPS) is 22.1. The molecule has 27 heavy (non-hydrogen) atoms. The van der Waals surface area contributed by atoms with Gasteiger partial charge in [0.2, 0.25) is 11.8 Å². The Hall–Kier alpha value is -1.79. The maximum Gasteiger partial charge on any atom is 0.317 e. The van der Waals surface area contributed by atoms with Crippen molar-refractivity contribution in [3.8, 4) is 0 Å². The second-order valence-electron chi connectivity index (χ2n) is 8.06. The van der Waals surface area contributed by atoms with E-state index in [1.165, 1.54) is 0 Å². The third kappa shape index (κ3) is 5.84. The Morgan fingerprint density at radius 1 is 1.15 bits per heavy atom. The number of carbonyl (C=O) groups is 3. The summed E-state index contributed by atoms with van der Waals surface area (Å²) in [6.45, 7) is 10.3. The van der Waals surface area contributed by atoms with Gasteiger partial charge >= 0.3 is 6.03 Å². The summed E-state index contributed by atoms with van der Waals surface area (Å²) in [5, 5.41) is 5.94. The topological polar surface area (TPSA) is 81.8 Å². The largest absolute Gasteiger partial charge is 0.344 e. The van der Waals surface area contributed by atoms with Crippen LogP contribution >= 0.6 is 0 Å². The van der Waals surface area contributed by atoms with Crippen molar-refractivity contribution in [3.63, 3.8) is 0 Å². The molecule has 4 amide bonds. The van der Waals surface area contributed by atoms with Gasteiger partial charge in [-0.1, -0.05) is 33.6 Å². The molecular formula is C20H36N4O3. The molecule has 1 heterocycles. The highest BCUT2D eigenvalue weighted by Crippen LogP contribution is 2.29. The van der Waals surface area contributed by atoms with Crippen LogP contribution in [-0.4, -0.2) is 65.9 Å². The average Bonchev–Trinajstić information content (AvgIpc) is 3.50. The van der Waals surface area contributed by atoms with Crippen LogP contribution in [0.25, 0.3) is 0 Å². The summed E-state index contributed by atoms with van der Waals surface area (Å²) in [6, 6.07) is -0.565. The van der Waals surface area contributed by atoms with Crippen molar-refractivity contribution in [1.82, 2.24) is 20.4 Å². The van der Waals surface area contributed by atoms with Crippen LogP contribution in [0.4, 0.5) is 4.79 Å². The first-order valence-corrected chi connectivity index (χ1v) is 10.5. The molecule has 3 atom stereocenters. The minimum absolute atomic E-state index is 0.00985. The number of nitrogens with zero attached hydrogens (tertiary/aromatic N) is 2. The number of unbranched alkanes of at least 4 members (excludes halogenated alkanes) is 1. The molecule has 1 aliphatic carbocycles. The Labute approximate surface area is 163 Å². The van der Waals surface area contributed by atoms with Gasteiger partial charge in [0.25, 0.3) is 0 Å². The zero-order chi connectivity index (χ0) is 20.0. The first-order valence-electron chi connectivity index (χ1n) is 10.5. The number of hydrogen-bond donors (Lipinski definition) is 2. The van der Waals surface area contributed by atoms with Gasteiger partial charge in [-0.05, 0) is 32.1 Å². The predicted molar refractivity (Wildman–Crippen MR) is 105 cm³/mol. The highest BCUT2D eigenvalue weighted by atomic mass is 16.2. The lowest BCUT2D eigenvalue weighted by molar-refractivity contribution is -0.140. The zero-order valence-electron chi connectivity index (χ0n) is 17.3. The molecule has 2 N–H and O–H groups in total. The number of urea groups is 1. The van der Waals surface area contributed by atoms with Crippen LogP contribution in [0.1, 0.15) is 59.8 Å². The number of rotatable bonds is 8. The lowest BCUT2D eigenvalue weighted by Crippen LogP contribution is -2.61. The molecule has 0 radical (unpaired) electrons. The van der Waals surface area contributed by atoms with E-state index in [-0.39, 0.29) is 35.7 Å². The van der Waals surface area contributed by atoms with Gasteiger partial charge in [0.05, 0.1) is 0 Å². The highest BCUT2D eigenvalue weighted by Gasteiger charge is 2.37. The van der Waals surface area contributed by atoms with Gasteiger partial charge in [0.1, 0.15) is 6.04 Å². The summed E-state index contributed by atoms with van der Waals surface area (Å²) in [7, 11) is 0. The van der Waals surface area contributed by atoms with Crippen molar-refractivity contribution >= 4 is 17.8 Å². The van der Waals surface area contributed by atoms with Crippen molar-refractivity contribution in [2.45, 2.75) is 71.9 Å². The Kier molecular flexibility index (Phi) is 7.92. The molecule has 0 aromatic carbocycles. The standard InChI is InChI=1S/C20H36N4O3/c1-5-7-10-21-20(27)24-12-11-23(13-15(24)4)19(26)17(14(3)6-2)22-18(25)16-8-9-16/h14-17H,5-13H2,1-4H3,(H,21,27)(H,22,25). The Bertz CT molecular complexity index is 535. The molecule has 7 nitrogen and oxygen atoms in total. The van der Waals surface area contributed by atoms with Gasteiger partial charge in [-0.2, -0.15) is 0 Å². The third-order valence-electron chi connectivity index (χ3n) is 5.73. The summed E-state index contributed by atoms with van der Waals surface area (Å²) in [5.74, 6) is 0.171. The van der Waals surface area contributed by atoms with Crippen molar-refractivity contribution in [2.75, 3.05) is 26.2 Å². The predicted octanol–water partition coefficient (Wildman–Crippen LogP) is 1.97. The smallest absolute Gasteiger partial charge is 0.317 e. The van der Waals surface area contributed by atoms with Gasteiger partial charge in [-0.15, -0.1) is 0 Å². The number of carbonyl (C=O) groups excluding carboxylic acids is 3. The molecule has 0 aromatic heterocycles. The van der Waals surface area contributed by atoms with E-state index in [1.54, 1.807) is 4.90 Å². The molecule has 7 heteroatoms. The molecule has 3 unspecified atom stereocenters. The van der Waals surface area contributed by atoms with Crippen LogP contribution in [0.2, 0.25) is 0 Å². The fourth-order valence-electron chi connectivity index (χ4n) is 3.43. The summed E-state index contributed by atoms with van der Waals surface area (Å²) in [4.78, 5) is 41.3.